The van der Waals surface area contributed by atoms with Crippen molar-refractivity contribution in [2.45, 2.75) is 58.3 Å². The zero-order valence-corrected chi connectivity index (χ0v) is 20.4. The molecule has 1 saturated carbocycles. The van der Waals surface area contributed by atoms with Crippen molar-refractivity contribution in [1.29, 1.82) is 0 Å². The van der Waals surface area contributed by atoms with E-state index in [1.807, 2.05) is 62.4 Å². The predicted molar refractivity (Wildman–Crippen MR) is 133 cm³/mol. The zero-order valence-electron chi connectivity index (χ0n) is 20.4. The number of aryl methyl sites for hydroxylation is 2. The van der Waals surface area contributed by atoms with Crippen LogP contribution in [0.1, 0.15) is 42.4 Å². The molecule has 3 fully saturated rings. The van der Waals surface area contributed by atoms with Gasteiger partial charge in [0.25, 0.3) is 0 Å². The summed E-state index contributed by atoms with van der Waals surface area (Å²) in [7, 11) is 0. The second-order valence-electron chi connectivity index (χ2n) is 9.87. The van der Waals surface area contributed by atoms with Gasteiger partial charge in [-0.3, -0.25) is 14.5 Å². The van der Waals surface area contributed by atoms with Crippen LogP contribution in [0, 0.1) is 19.8 Å². The smallest absolute Gasteiger partial charge is 0.324 e. The summed E-state index contributed by atoms with van der Waals surface area (Å²) < 4.78 is 0. The van der Waals surface area contributed by atoms with Gasteiger partial charge in [-0.05, 0) is 50.3 Å². The van der Waals surface area contributed by atoms with Gasteiger partial charge in [-0.2, -0.15) is 5.43 Å². The molecule has 2 aromatic carbocycles. The van der Waals surface area contributed by atoms with Crippen LogP contribution in [0.4, 0.5) is 10.5 Å². The Morgan fingerprint density at radius 1 is 1.06 bits per heavy atom. The number of hydrogen-bond donors (Lipinski definition) is 2. The minimum absolute atomic E-state index is 0.105. The number of carbonyl (C=O) groups is 3. The molecule has 3 atom stereocenters. The Hall–Kier alpha value is -3.39. The van der Waals surface area contributed by atoms with Crippen molar-refractivity contribution in [3.05, 3.63) is 65.2 Å². The van der Waals surface area contributed by atoms with E-state index >= 15 is 0 Å². The first kappa shape index (κ1) is 23.4. The van der Waals surface area contributed by atoms with Gasteiger partial charge in [0.1, 0.15) is 6.54 Å². The van der Waals surface area contributed by atoms with Crippen molar-refractivity contribution in [2.24, 2.45) is 5.92 Å². The zero-order chi connectivity index (χ0) is 24.5. The summed E-state index contributed by atoms with van der Waals surface area (Å²) in [5.41, 5.74) is 7.16. The Bertz CT molecular complexity index is 1120. The Morgan fingerprint density at radius 2 is 1.83 bits per heavy atom. The molecule has 35 heavy (non-hydrogen) atoms. The quantitative estimate of drug-likeness (QED) is 0.671. The standard InChI is InChI=1S/C27H33N5O3/c1-18-12-13-22(19(2)16-18)28-24(33)17-31-27(35)32-23-11-7-6-10-21(23)25(34)30(26(32)29-31)15-14-20-8-4-3-5-9-20/h3-5,8-9,12-13,16,21,23,26,29H,6-7,10-11,14-15,17H2,1-2H3,(H,28,33). The second kappa shape index (κ2) is 9.70. The van der Waals surface area contributed by atoms with Crippen LogP contribution in [0.15, 0.2) is 48.5 Å². The van der Waals surface area contributed by atoms with E-state index in [4.69, 9.17) is 0 Å². The fourth-order valence-electron chi connectivity index (χ4n) is 5.64. The lowest BCUT2D eigenvalue weighted by molar-refractivity contribution is -0.156. The Balaban J connectivity index is 1.33. The van der Waals surface area contributed by atoms with Crippen LogP contribution < -0.4 is 10.7 Å². The Morgan fingerprint density at radius 3 is 2.60 bits per heavy atom. The maximum atomic E-state index is 13.5. The molecule has 2 N–H and O–H groups in total. The number of fused-ring (bicyclic) bond motifs is 3. The molecule has 5 rings (SSSR count). The van der Waals surface area contributed by atoms with Crippen molar-refractivity contribution in [2.75, 3.05) is 18.4 Å². The molecule has 184 valence electrons. The molecule has 2 heterocycles. The van der Waals surface area contributed by atoms with Crippen LogP contribution in [0.3, 0.4) is 0 Å². The number of nitrogens with one attached hydrogen (secondary N) is 2. The Kier molecular flexibility index (Phi) is 6.47. The van der Waals surface area contributed by atoms with Crippen LogP contribution in [0.25, 0.3) is 0 Å². The summed E-state index contributed by atoms with van der Waals surface area (Å²) in [6.07, 6.45) is 3.76. The number of amides is 4. The van der Waals surface area contributed by atoms with Gasteiger partial charge < -0.3 is 10.2 Å². The minimum atomic E-state index is -0.563. The molecule has 0 aromatic heterocycles. The molecule has 1 aliphatic carbocycles. The van der Waals surface area contributed by atoms with Gasteiger partial charge in [0.05, 0.1) is 5.92 Å². The molecule has 0 bridgehead atoms. The fraction of sp³-hybridized carbons (Fsp3) is 0.444. The maximum absolute atomic E-state index is 13.5. The monoisotopic (exact) mass is 475 g/mol. The molecular weight excluding hydrogens is 442 g/mol. The van der Waals surface area contributed by atoms with Crippen molar-refractivity contribution in [3.8, 4) is 0 Å². The van der Waals surface area contributed by atoms with Crippen molar-refractivity contribution >= 4 is 23.5 Å². The van der Waals surface area contributed by atoms with Gasteiger partial charge in [-0.1, -0.05) is 60.9 Å². The first-order valence-electron chi connectivity index (χ1n) is 12.5. The van der Waals surface area contributed by atoms with Crippen LogP contribution in [-0.2, 0) is 16.0 Å². The summed E-state index contributed by atoms with van der Waals surface area (Å²) >= 11 is 0. The van der Waals surface area contributed by atoms with E-state index < -0.39 is 6.29 Å². The van der Waals surface area contributed by atoms with Crippen molar-refractivity contribution in [1.82, 2.24) is 20.2 Å². The lowest BCUT2D eigenvalue weighted by Crippen LogP contribution is -2.66. The van der Waals surface area contributed by atoms with Crippen molar-refractivity contribution < 1.29 is 14.4 Å². The third-order valence-corrected chi connectivity index (χ3v) is 7.41. The SMILES string of the molecule is Cc1ccc(NC(=O)CN2NC3N(CCc4ccccc4)C(=O)C4CCCCC4N3C2=O)c(C)c1. The van der Waals surface area contributed by atoms with E-state index in [9.17, 15) is 14.4 Å². The average molecular weight is 476 g/mol. The molecule has 0 spiro atoms. The first-order chi connectivity index (χ1) is 16.9. The average Bonchev–Trinajstić information content (AvgIpc) is 3.17. The largest absolute Gasteiger partial charge is 0.337 e. The Labute approximate surface area is 206 Å². The fourth-order valence-corrected chi connectivity index (χ4v) is 5.64. The van der Waals surface area contributed by atoms with E-state index in [2.05, 4.69) is 10.7 Å². The van der Waals surface area contributed by atoms with Crippen LogP contribution in [-0.4, -0.2) is 58.1 Å². The highest BCUT2D eigenvalue weighted by molar-refractivity contribution is 5.95. The predicted octanol–water partition coefficient (Wildman–Crippen LogP) is 3.41. The number of carbonyl (C=O) groups excluding carboxylic acids is 3. The minimum Gasteiger partial charge on any atom is -0.324 e. The first-order valence-corrected chi connectivity index (χ1v) is 12.5. The molecular formula is C27H33N5O3. The summed E-state index contributed by atoms with van der Waals surface area (Å²) in [4.78, 5) is 43.5. The highest BCUT2D eigenvalue weighted by Crippen LogP contribution is 2.38. The highest BCUT2D eigenvalue weighted by Gasteiger charge is 2.54. The molecule has 2 saturated heterocycles. The van der Waals surface area contributed by atoms with Gasteiger partial charge in [-0.15, -0.1) is 0 Å². The molecule has 3 unspecified atom stereocenters. The number of benzene rings is 2. The third kappa shape index (κ3) is 4.62. The lowest BCUT2D eigenvalue weighted by atomic mass is 9.81. The van der Waals surface area contributed by atoms with Crippen LogP contribution in [0.2, 0.25) is 0 Å². The van der Waals surface area contributed by atoms with Gasteiger partial charge in [0, 0.05) is 18.3 Å². The normalized spacial score (nSPS) is 23.8. The van der Waals surface area contributed by atoms with Gasteiger partial charge in [0.2, 0.25) is 11.8 Å². The van der Waals surface area contributed by atoms with Gasteiger partial charge >= 0.3 is 6.03 Å². The summed E-state index contributed by atoms with van der Waals surface area (Å²) in [6, 6.07) is 15.5. The number of hydrogen-bond acceptors (Lipinski definition) is 4. The van der Waals surface area contributed by atoms with E-state index in [1.165, 1.54) is 5.01 Å². The number of nitrogens with zero attached hydrogens (tertiary/aromatic N) is 3. The topological polar surface area (TPSA) is 85.0 Å². The lowest BCUT2D eigenvalue weighted by Gasteiger charge is -2.48. The number of urea groups is 1. The molecule has 0 radical (unpaired) electrons. The highest BCUT2D eigenvalue weighted by atomic mass is 16.2. The molecule has 8 heteroatoms. The molecule has 3 aliphatic rings. The number of hydrazine groups is 1. The van der Waals surface area contributed by atoms with Crippen LogP contribution in [0.5, 0.6) is 0 Å². The molecule has 2 aromatic rings. The van der Waals surface area contributed by atoms with Crippen molar-refractivity contribution in [3.63, 3.8) is 0 Å². The molecule has 2 aliphatic heterocycles. The van der Waals surface area contributed by atoms with E-state index in [1.54, 1.807) is 9.80 Å². The van der Waals surface area contributed by atoms with E-state index in [0.29, 0.717) is 13.0 Å². The van der Waals surface area contributed by atoms with Gasteiger partial charge in [0.15, 0.2) is 6.29 Å². The summed E-state index contributed by atoms with van der Waals surface area (Å²) in [5, 5.41) is 4.28. The maximum Gasteiger partial charge on any atom is 0.337 e. The number of rotatable bonds is 6. The van der Waals surface area contributed by atoms with Crippen LogP contribution >= 0.6 is 0 Å². The second-order valence-corrected chi connectivity index (χ2v) is 9.87. The molecule has 8 nitrogen and oxygen atoms in total. The third-order valence-electron chi connectivity index (χ3n) is 7.41. The van der Waals surface area contributed by atoms with E-state index in [0.717, 1.165) is 48.1 Å². The molecule has 4 amide bonds. The summed E-state index contributed by atoms with van der Waals surface area (Å²) in [6.45, 7) is 4.33. The van der Waals surface area contributed by atoms with E-state index in [-0.39, 0.29) is 36.3 Å². The van der Waals surface area contributed by atoms with Gasteiger partial charge in [-0.25, -0.2) is 9.80 Å². The summed E-state index contributed by atoms with van der Waals surface area (Å²) in [5.74, 6) is -0.348. The number of anilines is 1.